The van der Waals surface area contributed by atoms with Gasteiger partial charge in [-0.3, -0.25) is 4.79 Å². The molecule has 1 nitrogen and oxygen atoms in total. The zero-order valence-electron chi connectivity index (χ0n) is 14.9. The van der Waals surface area contributed by atoms with Crippen LogP contribution in [0.5, 0.6) is 0 Å². The molecular weight excluding hydrogens is 326 g/mol. The smallest absolute Gasteiger partial charge is 0.155 e. The fourth-order valence-electron chi connectivity index (χ4n) is 6.77. The second-order valence-corrected chi connectivity index (χ2v) is 10.0. The summed E-state index contributed by atoms with van der Waals surface area (Å²) in [5.41, 5.74) is -1.54. The fourth-order valence-corrected chi connectivity index (χ4v) is 7.97. The Balaban J connectivity index is 1.77. The van der Waals surface area contributed by atoms with Gasteiger partial charge in [-0.1, -0.05) is 13.8 Å². The molecule has 0 N–H and O–H groups in total. The van der Waals surface area contributed by atoms with Gasteiger partial charge in [0.05, 0.1) is 0 Å². The Morgan fingerprint density at radius 3 is 2.62 bits per heavy atom. The molecule has 4 heteroatoms. The number of alkyl halides is 2. The molecule has 0 amide bonds. The molecule has 3 saturated carbocycles. The van der Waals surface area contributed by atoms with Gasteiger partial charge < -0.3 is 0 Å². The fraction of sp³-hybridized carbons (Fsp3) is 0.850. The Labute approximate surface area is 148 Å². The Kier molecular flexibility index (Phi) is 3.77. The van der Waals surface area contributed by atoms with Crippen molar-refractivity contribution >= 4 is 17.5 Å². The third-order valence-corrected chi connectivity index (χ3v) is 9.59. The van der Waals surface area contributed by atoms with Crippen LogP contribution >= 0.6 is 11.8 Å². The third-order valence-electron chi connectivity index (χ3n) is 8.25. The van der Waals surface area contributed by atoms with Crippen LogP contribution in [0.4, 0.5) is 8.78 Å². The number of carbonyl (C=O) groups excluding carboxylic acids is 1. The van der Waals surface area contributed by atoms with E-state index in [-0.39, 0.29) is 29.5 Å². The van der Waals surface area contributed by atoms with E-state index in [1.54, 1.807) is 0 Å². The lowest BCUT2D eigenvalue weighted by Crippen LogP contribution is -2.63. The van der Waals surface area contributed by atoms with Gasteiger partial charge in [-0.25, -0.2) is 8.78 Å². The molecule has 0 unspecified atom stereocenters. The maximum absolute atomic E-state index is 16.6. The number of fused-ring (bicyclic) bond motifs is 5. The summed E-state index contributed by atoms with van der Waals surface area (Å²) < 4.78 is 31.6. The van der Waals surface area contributed by atoms with Gasteiger partial charge in [-0.15, -0.1) is 0 Å². The Morgan fingerprint density at radius 1 is 1.17 bits per heavy atom. The zero-order valence-corrected chi connectivity index (χ0v) is 15.7. The Hall–Kier alpha value is -0.380. The highest BCUT2D eigenvalue weighted by molar-refractivity contribution is 7.99. The summed E-state index contributed by atoms with van der Waals surface area (Å²) in [5, 5.41) is 0.572. The number of hydrogen-bond donors (Lipinski definition) is 0. The highest BCUT2D eigenvalue weighted by atomic mass is 32.2. The van der Waals surface area contributed by atoms with Gasteiger partial charge in [-0.2, -0.15) is 11.8 Å². The molecule has 7 atom stereocenters. The summed E-state index contributed by atoms with van der Waals surface area (Å²) in [4.78, 5) is 11.8. The maximum atomic E-state index is 16.6. The molecule has 4 aliphatic carbocycles. The Morgan fingerprint density at radius 2 is 1.92 bits per heavy atom. The number of ketones is 1. The third kappa shape index (κ3) is 1.95. The first-order valence-electron chi connectivity index (χ1n) is 9.37. The van der Waals surface area contributed by atoms with E-state index >= 15 is 8.78 Å². The monoisotopic (exact) mass is 354 g/mol. The van der Waals surface area contributed by atoms with Crippen molar-refractivity contribution in [3.05, 3.63) is 11.6 Å². The molecule has 134 valence electrons. The van der Waals surface area contributed by atoms with Gasteiger partial charge in [0.25, 0.3) is 0 Å². The first-order chi connectivity index (χ1) is 11.3. The predicted octanol–water partition coefficient (Wildman–Crippen LogP) is 5.29. The molecule has 0 heterocycles. The van der Waals surface area contributed by atoms with Crippen LogP contribution in [0, 0.1) is 22.7 Å². The summed E-state index contributed by atoms with van der Waals surface area (Å²) in [6.45, 7) is 4.21. The van der Waals surface area contributed by atoms with Gasteiger partial charge in [-0.05, 0) is 67.8 Å². The molecule has 24 heavy (non-hydrogen) atoms. The van der Waals surface area contributed by atoms with E-state index in [1.165, 1.54) is 6.08 Å². The zero-order chi connectivity index (χ0) is 17.3. The Bertz CT molecular complexity index is 604. The van der Waals surface area contributed by atoms with E-state index in [4.69, 9.17) is 0 Å². The van der Waals surface area contributed by atoms with Crippen LogP contribution in [0.15, 0.2) is 11.6 Å². The topological polar surface area (TPSA) is 17.1 Å². The van der Waals surface area contributed by atoms with Crippen LogP contribution in [0.2, 0.25) is 0 Å². The number of thioether (sulfide) groups is 1. The van der Waals surface area contributed by atoms with Crippen LogP contribution in [0.1, 0.15) is 58.8 Å². The van der Waals surface area contributed by atoms with Crippen LogP contribution < -0.4 is 0 Å². The molecule has 0 spiro atoms. The van der Waals surface area contributed by atoms with Crippen LogP contribution in [-0.4, -0.2) is 29.1 Å². The minimum Gasteiger partial charge on any atom is -0.295 e. The van der Waals surface area contributed by atoms with Gasteiger partial charge in [0, 0.05) is 23.0 Å². The van der Waals surface area contributed by atoms with Crippen LogP contribution in [0.25, 0.3) is 0 Å². The predicted molar refractivity (Wildman–Crippen MR) is 94.6 cm³/mol. The molecule has 0 aliphatic heterocycles. The largest absolute Gasteiger partial charge is 0.295 e. The van der Waals surface area contributed by atoms with E-state index in [0.29, 0.717) is 30.1 Å². The highest BCUT2D eigenvalue weighted by Gasteiger charge is 2.68. The quantitative estimate of drug-likeness (QED) is 0.636. The summed E-state index contributed by atoms with van der Waals surface area (Å²) in [5.74, 6) is 0.0536. The average molecular weight is 355 g/mol. The minimum atomic E-state index is -1.35. The number of rotatable bonds is 1. The number of halogens is 2. The van der Waals surface area contributed by atoms with Crippen LogP contribution in [-0.2, 0) is 4.79 Å². The van der Waals surface area contributed by atoms with E-state index < -0.39 is 17.3 Å². The summed E-state index contributed by atoms with van der Waals surface area (Å²) in [7, 11) is 0. The minimum absolute atomic E-state index is 0.0314. The molecule has 4 aliphatic rings. The molecular formula is C20H28F2OS. The van der Waals surface area contributed by atoms with Crippen molar-refractivity contribution in [2.75, 3.05) is 6.26 Å². The lowest BCUT2D eigenvalue weighted by atomic mass is 9.45. The van der Waals surface area contributed by atoms with Crippen molar-refractivity contribution in [2.24, 2.45) is 22.7 Å². The molecule has 0 aromatic rings. The average Bonchev–Trinajstić information content (AvgIpc) is 2.88. The van der Waals surface area contributed by atoms with Crippen molar-refractivity contribution in [3.8, 4) is 0 Å². The number of carbonyl (C=O) groups is 1. The van der Waals surface area contributed by atoms with Crippen molar-refractivity contribution in [3.63, 3.8) is 0 Å². The lowest BCUT2D eigenvalue weighted by molar-refractivity contribution is -0.150. The van der Waals surface area contributed by atoms with Crippen molar-refractivity contribution in [1.29, 1.82) is 0 Å². The molecule has 0 radical (unpaired) electrons. The summed E-state index contributed by atoms with van der Waals surface area (Å²) >= 11 is 1.91. The lowest BCUT2D eigenvalue weighted by Gasteiger charge is -2.61. The highest BCUT2D eigenvalue weighted by Crippen LogP contribution is 2.69. The molecule has 0 aromatic carbocycles. The molecule has 3 fully saturated rings. The van der Waals surface area contributed by atoms with Crippen molar-refractivity contribution in [2.45, 2.75) is 75.9 Å². The van der Waals surface area contributed by atoms with Crippen molar-refractivity contribution < 1.29 is 13.6 Å². The summed E-state index contributed by atoms with van der Waals surface area (Å²) in [6.07, 6.45) is 7.13. The van der Waals surface area contributed by atoms with Crippen LogP contribution in [0.3, 0.4) is 0 Å². The van der Waals surface area contributed by atoms with Crippen molar-refractivity contribution in [1.82, 2.24) is 0 Å². The van der Waals surface area contributed by atoms with E-state index in [9.17, 15) is 4.79 Å². The van der Waals surface area contributed by atoms with Gasteiger partial charge in [0.1, 0.15) is 11.8 Å². The second-order valence-electron chi connectivity index (χ2n) is 8.98. The molecule has 0 saturated heterocycles. The molecule has 4 rings (SSSR count). The number of allylic oxidation sites excluding steroid dienone is 1. The first-order valence-corrected chi connectivity index (χ1v) is 10.7. The van der Waals surface area contributed by atoms with Gasteiger partial charge >= 0.3 is 0 Å². The second kappa shape index (κ2) is 5.31. The normalized spacial score (nSPS) is 53.9. The van der Waals surface area contributed by atoms with E-state index in [0.717, 1.165) is 19.3 Å². The SMILES string of the molecule is CS[C@H]1CC[C@H]2[C@@H]3C[C@H](F)C4=CC(=O)CC[C@]4(C)[C@@]3(F)CC[C@]12C. The van der Waals surface area contributed by atoms with E-state index in [1.807, 2.05) is 18.7 Å². The van der Waals surface area contributed by atoms with Gasteiger partial charge in [0.2, 0.25) is 0 Å². The maximum Gasteiger partial charge on any atom is 0.155 e. The van der Waals surface area contributed by atoms with E-state index in [2.05, 4.69) is 13.2 Å². The molecule has 0 aromatic heterocycles. The molecule has 0 bridgehead atoms. The standard InChI is InChI=1S/C20H28F2OS/c1-18-8-9-20(22)14(13(18)4-5-17(18)24-3)11-16(21)15-10-12(23)6-7-19(15,20)2/h10,13-14,16-17H,4-9,11H2,1-3H3/t13-,14-,16-,17-,18-,19-,20+/m0/s1. The summed E-state index contributed by atoms with van der Waals surface area (Å²) in [6, 6.07) is 0. The van der Waals surface area contributed by atoms with Gasteiger partial charge in [0.15, 0.2) is 5.78 Å². The number of hydrogen-bond acceptors (Lipinski definition) is 2. The first kappa shape index (κ1) is 17.1.